The van der Waals surface area contributed by atoms with E-state index >= 15 is 0 Å². The first-order valence-corrected chi connectivity index (χ1v) is 8.98. The van der Waals surface area contributed by atoms with Crippen molar-refractivity contribution < 1.29 is 8.42 Å². The van der Waals surface area contributed by atoms with Crippen molar-refractivity contribution in [2.45, 2.75) is 24.8 Å². The van der Waals surface area contributed by atoms with Crippen LogP contribution in [-0.4, -0.2) is 13.4 Å². The number of hydrogen-bond acceptors (Lipinski definition) is 3. The number of fused-ring (bicyclic) bond motifs is 1. The molecule has 0 fully saturated rings. The van der Waals surface area contributed by atoms with Crippen LogP contribution in [0.1, 0.15) is 18.2 Å². The molecule has 0 aliphatic carbocycles. The summed E-state index contributed by atoms with van der Waals surface area (Å²) in [6.07, 6.45) is 0.619. The Kier molecular flexibility index (Phi) is 4.11. The van der Waals surface area contributed by atoms with Crippen molar-refractivity contribution >= 4 is 26.6 Å². The molecular weight excluding hydrogens is 310 g/mol. The number of aromatic nitrogens is 1. The highest BCUT2D eigenvalue weighted by atomic mass is 32.2. The Morgan fingerprint density at radius 1 is 1.13 bits per heavy atom. The lowest BCUT2D eigenvalue weighted by atomic mass is 10.1. The summed E-state index contributed by atoms with van der Waals surface area (Å²) in [7, 11) is -3.72. The topological polar surface area (TPSA) is 88.0 Å². The van der Waals surface area contributed by atoms with Gasteiger partial charge in [0, 0.05) is 16.9 Å². The van der Waals surface area contributed by atoms with E-state index in [1.54, 1.807) is 12.1 Å². The average Bonchev–Trinajstić information content (AvgIpc) is 2.94. The Bertz CT molecular complexity index is 912. The van der Waals surface area contributed by atoms with Gasteiger partial charge in [-0.1, -0.05) is 31.2 Å². The molecule has 2 aromatic carbocycles. The molecule has 0 saturated heterocycles. The number of primary sulfonamides is 1. The second-order valence-corrected chi connectivity index (χ2v) is 6.99. The summed E-state index contributed by atoms with van der Waals surface area (Å²) in [6.45, 7) is 2.48. The summed E-state index contributed by atoms with van der Waals surface area (Å²) in [5, 5.41) is 9.68. The maximum atomic E-state index is 11.7. The van der Waals surface area contributed by atoms with Crippen LogP contribution in [-0.2, 0) is 23.0 Å². The summed E-state index contributed by atoms with van der Waals surface area (Å²) >= 11 is 0. The lowest BCUT2D eigenvalue weighted by Gasteiger charge is -2.10. The Morgan fingerprint density at radius 2 is 1.91 bits per heavy atom. The first kappa shape index (κ1) is 15.6. The third-order valence-electron chi connectivity index (χ3n) is 3.82. The van der Waals surface area contributed by atoms with Crippen LogP contribution in [0.2, 0.25) is 0 Å². The second-order valence-electron chi connectivity index (χ2n) is 5.46. The number of aryl methyl sites for hydroxylation is 1. The smallest absolute Gasteiger partial charge is 0.238 e. The van der Waals surface area contributed by atoms with Gasteiger partial charge in [-0.2, -0.15) is 0 Å². The second kappa shape index (κ2) is 6.06. The molecule has 0 radical (unpaired) electrons. The molecule has 0 atom stereocenters. The number of para-hydroxylation sites is 1. The van der Waals surface area contributed by atoms with Crippen LogP contribution in [0.5, 0.6) is 0 Å². The molecule has 1 aromatic heterocycles. The lowest BCUT2D eigenvalue weighted by Crippen LogP contribution is -2.15. The SMILES string of the molecule is CCc1ccc(NCc2cc3ccccc3[nH]2)cc1S(N)(=O)=O. The van der Waals surface area contributed by atoms with Crippen molar-refractivity contribution in [1.82, 2.24) is 4.98 Å². The Balaban J connectivity index is 1.83. The van der Waals surface area contributed by atoms with Crippen molar-refractivity contribution in [2.75, 3.05) is 5.32 Å². The molecule has 0 amide bonds. The van der Waals surface area contributed by atoms with Crippen LogP contribution in [0.3, 0.4) is 0 Å². The first-order chi connectivity index (χ1) is 11.0. The van der Waals surface area contributed by atoms with Crippen LogP contribution in [0.25, 0.3) is 10.9 Å². The zero-order valence-corrected chi connectivity index (χ0v) is 13.7. The van der Waals surface area contributed by atoms with E-state index in [-0.39, 0.29) is 4.90 Å². The largest absolute Gasteiger partial charge is 0.379 e. The molecule has 0 saturated carbocycles. The summed E-state index contributed by atoms with van der Waals surface area (Å²) < 4.78 is 23.4. The van der Waals surface area contributed by atoms with Gasteiger partial charge in [0.1, 0.15) is 0 Å². The van der Waals surface area contributed by atoms with Crippen LogP contribution in [0, 0.1) is 0 Å². The Morgan fingerprint density at radius 3 is 2.61 bits per heavy atom. The van der Waals surface area contributed by atoms with Crippen molar-refractivity contribution in [1.29, 1.82) is 0 Å². The number of nitrogens with one attached hydrogen (secondary N) is 2. The number of rotatable bonds is 5. The van der Waals surface area contributed by atoms with Crippen molar-refractivity contribution in [2.24, 2.45) is 5.14 Å². The van der Waals surface area contributed by atoms with Crippen LogP contribution < -0.4 is 10.5 Å². The number of anilines is 1. The van der Waals surface area contributed by atoms with Gasteiger partial charge in [-0.05, 0) is 41.6 Å². The summed E-state index contributed by atoms with van der Waals surface area (Å²) in [5.74, 6) is 0. The average molecular weight is 329 g/mol. The van der Waals surface area contributed by atoms with Crippen molar-refractivity contribution in [3.63, 3.8) is 0 Å². The molecule has 0 aliphatic heterocycles. The minimum absolute atomic E-state index is 0.182. The quantitative estimate of drug-likeness (QED) is 0.672. The Labute approximate surface area is 135 Å². The van der Waals surface area contributed by atoms with Gasteiger partial charge >= 0.3 is 0 Å². The van der Waals surface area contributed by atoms with Gasteiger partial charge in [-0.15, -0.1) is 0 Å². The van der Waals surface area contributed by atoms with Gasteiger partial charge in [0.25, 0.3) is 0 Å². The maximum absolute atomic E-state index is 11.7. The van der Waals surface area contributed by atoms with Crippen molar-refractivity contribution in [3.05, 3.63) is 59.8 Å². The van der Waals surface area contributed by atoms with E-state index in [0.717, 1.165) is 27.8 Å². The molecule has 0 aliphatic rings. The zero-order chi connectivity index (χ0) is 16.4. The van der Waals surface area contributed by atoms with Gasteiger partial charge in [-0.25, -0.2) is 13.6 Å². The van der Waals surface area contributed by atoms with Gasteiger partial charge in [-0.3, -0.25) is 0 Å². The minimum Gasteiger partial charge on any atom is -0.379 e. The molecule has 0 unspecified atom stereocenters. The highest BCUT2D eigenvalue weighted by Crippen LogP contribution is 2.21. The summed E-state index contributed by atoms with van der Waals surface area (Å²) in [4.78, 5) is 3.51. The highest BCUT2D eigenvalue weighted by Gasteiger charge is 2.13. The minimum atomic E-state index is -3.72. The fourth-order valence-electron chi connectivity index (χ4n) is 2.65. The molecule has 5 nitrogen and oxygen atoms in total. The monoisotopic (exact) mass is 329 g/mol. The lowest BCUT2D eigenvalue weighted by molar-refractivity contribution is 0.596. The van der Waals surface area contributed by atoms with Crippen LogP contribution >= 0.6 is 0 Å². The molecule has 3 rings (SSSR count). The number of nitrogens with two attached hydrogens (primary N) is 1. The molecule has 23 heavy (non-hydrogen) atoms. The van der Waals surface area contributed by atoms with E-state index in [2.05, 4.69) is 16.4 Å². The van der Waals surface area contributed by atoms with E-state index in [0.29, 0.717) is 13.0 Å². The van der Waals surface area contributed by atoms with Crippen molar-refractivity contribution in [3.8, 4) is 0 Å². The third kappa shape index (κ3) is 3.38. The molecule has 4 N–H and O–H groups in total. The fourth-order valence-corrected chi connectivity index (χ4v) is 3.52. The highest BCUT2D eigenvalue weighted by molar-refractivity contribution is 7.89. The normalized spacial score (nSPS) is 11.7. The zero-order valence-electron chi connectivity index (χ0n) is 12.8. The predicted octanol–water partition coefficient (Wildman–Crippen LogP) is 2.99. The number of sulfonamides is 1. The van der Waals surface area contributed by atoms with E-state index in [1.807, 2.05) is 37.3 Å². The Hall–Kier alpha value is -2.31. The van der Waals surface area contributed by atoms with E-state index in [1.165, 1.54) is 0 Å². The molecule has 1 heterocycles. The van der Waals surface area contributed by atoms with Gasteiger partial charge in [0.15, 0.2) is 0 Å². The van der Waals surface area contributed by atoms with E-state index in [9.17, 15) is 8.42 Å². The number of hydrogen-bond donors (Lipinski definition) is 3. The van der Waals surface area contributed by atoms with Gasteiger partial charge < -0.3 is 10.3 Å². The molecule has 6 heteroatoms. The molecular formula is C17H19N3O2S. The third-order valence-corrected chi connectivity index (χ3v) is 4.82. The molecule has 0 bridgehead atoms. The van der Waals surface area contributed by atoms with E-state index in [4.69, 9.17) is 5.14 Å². The van der Waals surface area contributed by atoms with Crippen LogP contribution in [0.15, 0.2) is 53.4 Å². The number of aromatic amines is 1. The predicted molar refractivity (Wildman–Crippen MR) is 92.8 cm³/mol. The standard InChI is InChI=1S/C17H19N3O2S/c1-2-12-7-8-14(10-17(12)23(18,21)22)19-11-15-9-13-5-3-4-6-16(13)20-15/h3-10,19-20H,2,11H2,1H3,(H2,18,21,22). The number of benzene rings is 2. The first-order valence-electron chi connectivity index (χ1n) is 7.43. The molecule has 120 valence electrons. The summed E-state index contributed by atoms with van der Waals surface area (Å²) in [5.41, 5.74) is 3.56. The molecule has 0 spiro atoms. The van der Waals surface area contributed by atoms with Crippen LogP contribution in [0.4, 0.5) is 5.69 Å². The number of H-pyrrole nitrogens is 1. The van der Waals surface area contributed by atoms with Gasteiger partial charge in [0.05, 0.1) is 11.4 Å². The van der Waals surface area contributed by atoms with Gasteiger partial charge in [0.2, 0.25) is 10.0 Å². The fraction of sp³-hybridized carbons (Fsp3) is 0.176. The molecule has 3 aromatic rings. The van der Waals surface area contributed by atoms with E-state index < -0.39 is 10.0 Å². The summed E-state index contributed by atoms with van der Waals surface area (Å²) in [6, 6.07) is 15.4. The maximum Gasteiger partial charge on any atom is 0.238 e.